The van der Waals surface area contributed by atoms with E-state index in [0.717, 1.165) is 16.7 Å². The van der Waals surface area contributed by atoms with Gasteiger partial charge in [-0.3, -0.25) is 9.59 Å². The van der Waals surface area contributed by atoms with E-state index < -0.39 is 22.0 Å². The molecule has 11 nitrogen and oxygen atoms in total. The summed E-state index contributed by atoms with van der Waals surface area (Å²) in [4.78, 5) is 29.6. The molecule has 1 N–H and O–H groups in total. The predicted molar refractivity (Wildman–Crippen MR) is 184 cm³/mol. The number of hydrogen-bond donors (Lipinski definition) is 1. The molecule has 0 spiro atoms. The minimum Gasteiger partial charge on any atom is -0.497 e. The first kappa shape index (κ1) is 35.4. The van der Waals surface area contributed by atoms with Crippen molar-refractivity contribution in [3.8, 4) is 17.2 Å². The zero-order valence-electron chi connectivity index (χ0n) is 27.6. The molecule has 0 radical (unpaired) electrons. The summed E-state index contributed by atoms with van der Waals surface area (Å²) in [5, 5.41) is 3.01. The third-order valence-electron chi connectivity index (χ3n) is 8.20. The molecule has 1 saturated heterocycles. The molecule has 2 amide bonds. The Hall–Kier alpha value is -4.91. The van der Waals surface area contributed by atoms with Crippen LogP contribution in [0.1, 0.15) is 16.7 Å². The number of morpholine rings is 1. The highest BCUT2D eigenvalue weighted by Gasteiger charge is 2.31. The fraction of sp³-hybridized carbons (Fsp3) is 0.297. The van der Waals surface area contributed by atoms with Gasteiger partial charge in [0.05, 0.1) is 32.3 Å². The van der Waals surface area contributed by atoms with Gasteiger partial charge in [-0.25, -0.2) is 8.42 Å². The van der Waals surface area contributed by atoms with Crippen LogP contribution in [-0.4, -0.2) is 82.6 Å². The lowest BCUT2D eigenvalue weighted by atomic mass is 10.0. The lowest BCUT2D eigenvalue weighted by Crippen LogP contribution is -2.51. The Labute approximate surface area is 287 Å². The van der Waals surface area contributed by atoms with Crippen molar-refractivity contribution in [2.24, 2.45) is 0 Å². The number of amides is 2. The molecule has 0 unspecified atom stereocenters. The van der Waals surface area contributed by atoms with E-state index in [4.69, 9.17) is 18.9 Å². The van der Waals surface area contributed by atoms with Crippen molar-refractivity contribution in [1.29, 1.82) is 0 Å². The van der Waals surface area contributed by atoms with Gasteiger partial charge in [-0.2, -0.15) is 4.31 Å². The number of methoxy groups -OCH3 is 2. The smallest absolute Gasteiger partial charge is 0.261 e. The van der Waals surface area contributed by atoms with E-state index in [1.807, 2.05) is 66.7 Å². The van der Waals surface area contributed by atoms with Gasteiger partial charge in [0.1, 0.15) is 23.3 Å². The third-order valence-corrected chi connectivity index (χ3v) is 10.1. The van der Waals surface area contributed by atoms with Crippen LogP contribution in [0, 0.1) is 0 Å². The standard InChI is InChI=1S/C37H41N3O8S/c1-45-31-12-8-29(9-13-31)25-38-37(42)35(24-28-6-4-3-5-7-28)40(26-30-10-14-32(46-2)15-11-30)36(41)27-48-33-16-18-34(19-17-33)49(43,44)39-20-22-47-23-21-39/h3-19,35H,20-27H2,1-2H3,(H,38,42)/t35-/m0/s1. The third kappa shape index (κ3) is 9.59. The second-order valence-corrected chi connectivity index (χ2v) is 13.4. The summed E-state index contributed by atoms with van der Waals surface area (Å²) >= 11 is 0. The van der Waals surface area contributed by atoms with Crippen LogP contribution in [0.25, 0.3) is 0 Å². The van der Waals surface area contributed by atoms with Crippen molar-refractivity contribution in [3.05, 3.63) is 120 Å². The normalized spacial score (nSPS) is 14.0. The molecule has 5 rings (SSSR count). The molecule has 0 aromatic heterocycles. The van der Waals surface area contributed by atoms with Crippen molar-refractivity contribution >= 4 is 21.8 Å². The lowest BCUT2D eigenvalue weighted by molar-refractivity contribution is -0.142. The molecule has 1 fully saturated rings. The van der Waals surface area contributed by atoms with Gasteiger partial charge >= 0.3 is 0 Å². The van der Waals surface area contributed by atoms with E-state index in [-0.39, 0.29) is 50.0 Å². The zero-order valence-corrected chi connectivity index (χ0v) is 28.4. The number of rotatable bonds is 15. The summed E-state index contributed by atoms with van der Waals surface area (Å²) in [6.07, 6.45) is 0.269. The molecule has 1 aliphatic rings. The fourth-order valence-electron chi connectivity index (χ4n) is 5.40. The first-order valence-corrected chi connectivity index (χ1v) is 17.4. The molecule has 49 heavy (non-hydrogen) atoms. The summed E-state index contributed by atoms with van der Waals surface area (Å²) < 4.78 is 49.2. The maximum atomic E-state index is 14.0. The van der Waals surface area contributed by atoms with Crippen LogP contribution in [0.4, 0.5) is 0 Å². The number of carbonyl (C=O) groups is 2. The maximum absolute atomic E-state index is 14.0. The van der Waals surface area contributed by atoms with Gasteiger partial charge in [-0.15, -0.1) is 0 Å². The highest BCUT2D eigenvalue weighted by molar-refractivity contribution is 7.89. The molecule has 4 aromatic carbocycles. The molecule has 1 heterocycles. The number of benzene rings is 4. The van der Waals surface area contributed by atoms with Gasteiger partial charge in [-0.1, -0.05) is 54.6 Å². The Bertz CT molecular complexity index is 1760. The minimum absolute atomic E-state index is 0.130. The largest absolute Gasteiger partial charge is 0.497 e. The van der Waals surface area contributed by atoms with E-state index >= 15 is 0 Å². The Morgan fingerprint density at radius 1 is 0.776 bits per heavy atom. The molecule has 258 valence electrons. The fourth-order valence-corrected chi connectivity index (χ4v) is 6.81. The second-order valence-electron chi connectivity index (χ2n) is 11.4. The highest BCUT2D eigenvalue weighted by atomic mass is 32.2. The number of sulfonamides is 1. The van der Waals surface area contributed by atoms with Gasteiger partial charge in [-0.05, 0) is 65.2 Å². The summed E-state index contributed by atoms with van der Waals surface area (Å²) in [7, 11) is -0.508. The molecule has 12 heteroatoms. The molecule has 4 aromatic rings. The molecule has 0 saturated carbocycles. The highest BCUT2D eigenvalue weighted by Crippen LogP contribution is 2.22. The van der Waals surface area contributed by atoms with Crippen LogP contribution < -0.4 is 19.5 Å². The number of nitrogens with one attached hydrogen (secondary N) is 1. The van der Waals surface area contributed by atoms with Crippen molar-refractivity contribution in [2.75, 3.05) is 47.1 Å². The molecule has 1 aliphatic heterocycles. The van der Waals surface area contributed by atoms with Gasteiger partial charge in [0.15, 0.2) is 6.61 Å². The van der Waals surface area contributed by atoms with Crippen molar-refractivity contribution in [1.82, 2.24) is 14.5 Å². The maximum Gasteiger partial charge on any atom is 0.261 e. The van der Waals surface area contributed by atoms with E-state index in [0.29, 0.717) is 30.5 Å². The monoisotopic (exact) mass is 687 g/mol. The number of nitrogens with zero attached hydrogens (tertiary/aromatic N) is 2. The Kier molecular flexibility index (Phi) is 12.3. The lowest BCUT2D eigenvalue weighted by Gasteiger charge is -2.31. The van der Waals surface area contributed by atoms with Crippen molar-refractivity contribution in [3.63, 3.8) is 0 Å². The van der Waals surface area contributed by atoms with Crippen molar-refractivity contribution in [2.45, 2.75) is 30.4 Å². The average Bonchev–Trinajstić information content (AvgIpc) is 3.15. The quantitative estimate of drug-likeness (QED) is 0.199. The zero-order chi connectivity index (χ0) is 34.6. The van der Waals surface area contributed by atoms with Crippen LogP contribution in [0.15, 0.2) is 108 Å². The summed E-state index contributed by atoms with van der Waals surface area (Å²) in [6.45, 7) is 1.29. The van der Waals surface area contributed by atoms with Gasteiger partial charge in [0.25, 0.3) is 5.91 Å². The molecule has 1 atom stereocenters. The second kappa shape index (κ2) is 17.0. The summed E-state index contributed by atoms with van der Waals surface area (Å²) in [5.41, 5.74) is 2.56. The van der Waals surface area contributed by atoms with Crippen LogP contribution in [0.5, 0.6) is 17.2 Å². The summed E-state index contributed by atoms with van der Waals surface area (Å²) in [6, 6.07) is 29.3. The van der Waals surface area contributed by atoms with Crippen LogP contribution in [-0.2, 0) is 43.9 Å². The van der Waals surface area contributed by atoms with Gasteiger partial charge in [0, 0.05) is 32.6 Å². The van der Waals surface area contributed by atoms with E-state index in [2.05, 4.69) is 5.32 Å². The van der Waals surface area contributed by atoms with Gasteiger partial charge < -0.3 is 29.2 Å². The first-order chi connectivity index (χ1) is 23.8. The van der Waals surface area contributed by atoms with Crippen LogP contribution >= 0.6 is 0 Å². The topological polar surface area (TPSA) is 124 Å². The van der Waals surface area contributed by atoms with Gasteiger partial charge in [0.2, 0.25) is 15.9 Å². The predicted octanol–water partition coefficient (Wildman–Crippen LogP) is 4.06. The van der Waals surface area contributed by atoms with Crippen LogP contribution in [0.3, 0.4) is 0 Å². The molecule has 0 bridgehead atoms. The Morgan fingerprint density at radius 2 is 1.35 bits per heavy atom. The minimum atomic E-state index is -3.68. The summed E-state index contributed by atoms with van der Waals surface area (Å²) in [5.74, 6) is 0.964. The van der Waals surface area contributed by atoms with E-state index in [9.17, 15) is 18.0 Å². The number of hydrogen-bond acceptors (Lipinski definition) is 8. The van der Waals surface area contributed by atoms with E-state index in [1.54, 1.807) is 26.4 Å². The Morgan fingerprint density at radius 3 is 1.94 bits per heavy atom. The van der Waals surface area contributed by atoms with Crippen molar-refractivity contribution < 1.29 is 37.0 Å². The number of ether oxygens (including phenoxy) is 4. The average molecular weight is 688 g/mol. The van der Waals surface area contributed by atoms with Crippen LogP contribution in [0.2, 0.25) is 0 Å². The molecule has 0 aliphatic carbocycles. The first-order valence-electron chi connectivity index (χ1n) is 15.9. The Balaban J connectivity index is 1.36. The van der Waals surface area contributed by atoms with E-state index in [1.165, 1.54) is 33.5 Å². The molecular weight excluding hydrogens is 646 g/mol. The SMILES string of the molecule is COc1ccc(CNC(=O)[C@H](Cc2ccccc2)N(Cc2ccc(OC)cc2)C(=O)COc2ccc(S(=O)(=O)N3CCOCC3)cc2)cc1. The molecular formula is C37H41N3O8S. The number of carbonyl (C=O) groups excluding carboxylic acids is 2.